The zero-order valence-electron chi connectivity index (χ0n) is 9.00. The molecule has 0 saturated carbocycles. The van der Waals surface area contributed by atoms with Crippen molar-refractivity contribution in [2.45, 2.75) is 13.3 Å². The van der Waals surface area contributed by atoms with E-state index in [0.717, 1.165) is 12.2 Å². The van der Waals surface area contributed by atoms with Crippen LogP contribution < -0.4 is 10.1 Å². The Labute approximate surface area is 85.6 Å². The van der Waals surface area contributed by atoms with Crippen molar-refractivity contribution >= 4 is 5.57 Å². The molecule has 0 aliphatic rings. The summed E-state index contributed by atoms with van der Waals surface area (Å²) in [6.07, 6.45) is 3.05. The standard InChI is InChI=1S/C12H17NO/c1-4-10(9-13-2)11-5-7-12(14-3)8-6-11/h5-9,13H,4H2,1-3H3/b10-9-. The molecule has 0 aliphatic heterocycles. The van der Waals surface area contributed by atoms with Crippen LogP contribution in [0.3, 0.4) is 0 Å². The summed E-state index contributed by atoms with van der Waals surface area (Å²) < 4.78 is 5.11. The average molecular weight is 191 g/mol. The second kappa shape index (κ2) is 5.32. The van der Waals surface area contributed by atoms with Gasteiger partial charge in [0.05, 0.1) is 7.11 Å². The van der Waals surface area contributed by atoms with Gasteiger partial charge < -0.3 is 10.1 Å². The van der Waals surface area contributed by atoms with E-state index in [9.17, 15) is 0 Å². The van der Waals surface area contributed by atoms with E-state index in [1.165, 1.54) is 11.1 Å². The Morgan fingerprint density at radius 3 is 2.43 bits per heavy atom. The summed E-state index contributed by atoms with van der Waals surface area (Å²) in [6, 6.07) is 8.11. The average Bonchev–Trinajstić information content (AvgIpc) is 2.26. The zero-order valence-corrected chi connectivity index (χ0v) is 9.00. The minimum atomic E-state index is 0.897. The minimum Gasteiger partial charge on any atom is -0.497 e. The summed E-state index contributed by atoms with van der Waals surface area (Å²) in [4.78, 5) is 0. The largest absolute Gasteiger partial charge is 0.497 e. The molecule has 1 aromatic carbocycles. The highest BCUT2D eigenvalue weighted by Gasteiger charge is 1.98. The molecule has 0 atom stereocenters. The first-order valence-electron chi connectivity index (χ1n) is 4.82. The summed E-state index contributed by atoms with van der Waals surface area (Å²) in [5.41, 5.74) is 2.54. The van der Waals surface area contributed by atoms with Crippen LogP contribution in [-0.2, 0) is 0 Å². The van der Waals surface area contributed by atoms with Crippen molar-refractivity contribution in [3.05, 3.63) is 36.0 Å². The molecular weight excluding hydrogens is 174 g/mol. The number of ether oxygens (including phenoxy) is 1. The maximum absolute atomic E-state index is 5.11. The molecule has 0 amide bonds. The van der Waals surface area contributed by atoms with Crippen molar-refractivity contribution in [2.75, 3.05) is 14.2 Å². The maximum atomic E-state index is 5.11. The predicted molar refractivity (Wildman–Crippen MR) is 60.3 cm³/mol. The van der Waals surface area contributed by atoms with E-state index in [-0.39, 0.29) is 0 Å². The third kappa shape index (κ3) is 2.52. The fourth-order valence-electron chi connectivity index (χ4n) is 1.37. The SMILES string of the molecule is CC/C(=C/NC)c1ccc(OC)cc1. The first-order chi connectivity index (χ1) is 6.81. The molecule has 0 saturated heterocycles. The van der Waals surface area contributed by atoms with Gasteiger partial charge in [-0.25, -0.2) is 0 Å². The smallest absolute Gasteiger partial charge is 0.118 e. The van der Waals surface area contributed by atoms with Crippen LogP contribution in [-0.4, -0.2) is 14.2 Å². The Balaban J connectivity index is 2.89. The highest BCUT2D eigenvalue weighted by atomic mass is 16.5. The lowest BCUT2D eigenvalue weighted by molar-refractivity contribution is 0.415. The van der Waals surface area contributed by atoms with Gasteiger partial charge in [0.15, 0.2) is 0 Å². The Kier molecular flexibility index (Phi) is 4.05. The summed E-state index contributed by atoms with van der Waals surface area (Å²) in [5, 5.41) is 3.05. The number of rotatable bonds is 4. The van der Waals surface area contributed by atoms with Crippen molar-refractivity contribution in [3.8, 4) is 5.75 Å². The monoisotopic (exact) mass is 191 g/mol. The number of hydrogen-bond donors (Lipinski definition) is 1. The normalized spacial score (nSPS) is 11.2. The Bertz CT molecular complexity index is 301. The van der Waals surface area contributed by atoms with Crippen LogP contribution >= 0.6 is 0 Å². The van der Waals surface area contributed by atoms with Gasteiger partial charge in [0.25, 0.3) is 0 Å². The van der Waals surface area contributed by atoms with Gasteiger partial charge in [-0.3, -0.25) is 0 Å². The molecule has 2 heteroatoms. The molecule has 0 radical (unpaired) electrons. The van der Waals surface area contributed by atoms with Crippen LogP contribution in [0.15, 0.2) is 30.5 Å². The first kappa shape index (κ1) is 10.6. The fourth-order valence-corrected chi connectivity index (χ4v) is 1.37. The van der Waals surface area contributed by atoms with Gasteiger partial charge in [0.2, 0.25) is 0 Å². The fraction of sp³-hybridized carbons (Fsp3) is 0.333. The summed E-state index contributed by atoms with van der Waals surface area (Å²) in [6.45, 7) is 2.15. The minimum absolute atomic E-state index is 0.897. The van der Waals surface area contributed by atoms with Crippen LogP contribution in [0.25, 0.3) is 5.57 Å². The molecular formula is C12H17NO. The van der Waals surface area contributed by atoms with Crippen molar-refractivity contribution in [2.24, 2.45) is 0 Å². The third-order valence-corrected chi connectivity index (χ3v) is 2.16. The van der Waals surface area contributed by atoms with Crippen LogP contribution in [0.1, 0.15) is 18.9 Å². The predicted octanol–water partition coefficient (Wildman–Crippen LogP) is 2.67. The van der Waals surface area contributed by atoms with Crippen LogP contribution in [0.5, 0.6) is 5.75 Å². The molecule has 0 aromatic heterocycles. The first-order valence-corrected chi connectivity index (χ1v) is 4.82. The highest BCUT2D eigenvalue weighted by molar-refractivity contribution is 5.65. The quantitative estimate of drug-likeness (QED) is 0.790. The number of methoxy groups -OCH3 is 1. The molecule has 76 valence electrons. The van der Waals surface area contributed by atoms with E-state index in [1.807, 2.05) is 25.4 Å². The van der Waals surface area contributed by atoms with Gasteiger partial charge >= 0.3 is 0 Å². The van der Waals surface area contributed by atoms with Gasteiger partial charge in [-0.1, -0.05) is 19.1 Å². The van der Waals surface area contributed by atoms with E-state index in [1.54, 1.807) is 7.11 Å². The molecule has 0 aliphatic carbocycles. The van der Waals surface area contributed by atoms with Crippen LogP contribution in [0.4, 0.5) is 0 Å². The molecule has 0 heterocycles. The molecule has 1 rings (SSSR count). The molecule has 14 heavy (non-hydrogen) atoms. The Morgan fingerprint density at radius 1 is 1.36 bits per heavy atom. The Hall–Kier alpha value is -1.44. The van der Waals surface area contributed by atoms with Crippen molar-refractivity contribution in [1.82, 2.24) is 5.32 Å². The van der Waals surface area contributed by atoms with E-state index in [0.29, 0.717) is 0 Å². The van der Waals surface area contributed by atoms with E-state index >= 15 is 0 Å². The topological polar surface area (TPSA) is 21.3 Å². The third-order valence-electron chi connectivity index (χ3n) is 2.16. The molecule has 0 spiro atoms. The van der Waals surface area contributed by atoms with Crippen molar-refractivity contribution in [1.29, 1.82) is 0 Å². The van der Waals surface area contributed by atoms with E-state index < -0.39 is 0 Å². The molecule has 2 nitrogen and oxygen atoms in total. The van der Waals surface area contributed by atoms with Crippen molar-refractivity contribution < 1.29 is 4.74 Å². The van der Waals surface area contributed by atoms with Gasteiger partial charge in [-0.15, -0.1) is 0 Å². The number of allylic oxidation sites excluding steroid dienone is 1. The number of nitrogens with one attached hydrogen (secondary N) is 1. The summed E-state index contributed by atoms with van der Waals surface area (Å²) in [5.74, 6) is 0.897. The van der Waals surface area contributed by atoms with Crippen molar-refractivity contribution in [3.63, 3.8) is 0 Å². The molecule has 1 N–H and O–H groups in total. The van der Waals surface area contributed by atoms with Gasteiger partial charge in [0.1, 0.15) is 5.75 Å². The van der Waals surface area contributed by atoms with E-state index in [4.69, 9.17) is 4.74 Å². The second-order valence-corrected chi connectivity index (χ2v) is 3.04. The number of hydrogen-bond acceptors (Lipinski definition) is 2. The van der Waals surface area contributed by atoms with Crippen LogP contribution in [0, 0.1) is 0 Å². The van der Waals surface area contributed by atoms with Gasteiger partial charge in [-0.2, -0.15) is 0 Å². The molecule has 0 unspecified atom stereocenters. The highest BCUT2D eigenvalue weighted by Crippen LogP contribution is 2.20. The molecule has 1 aromatic rings. The summed E-state index contributed by atoms with van der Waals surface area (Å²) >= 11 is 0. The van der Waals surface area contributed by atoms with Crippen LogP contribution in [0.2, 0.25) is 0 Å². The molecule has 0 bridgehead atoms. The van der Waals surface area contributed by atoms with Gasteiger partial charge in [0, 0.05) is 7.05 Å². The lowest BCUT2D eigenvalue weighted by Crippen LogP contribution is -1.95. The zero-order chi connectivity index (χ0) is 10.4. The summed E-state index contributed by atoms with van der Waals surface area (Å²) in [7, 11) is 3.60. The Morgan fingerprint density at radius 2 is 2.00 bits per heavy atom. The lowest BCUT2D eigenvalue weighted by atomic mass is 10.0. The molecule has 0 fully saturated rings. The lowest BCUT2D eigenvalue weighted by Gasteiger charge is -2.06. The van der Waals surface area contributed by atoms with E-state index in [2.05, 4.69) is 24.4 Å². The number of benzene rings is 1. The van der Waals surface area contributed by atoms with Gasteiger partial charge in [-0.05, 0) is 35.9 Å². The second-order valence-electron chi connectivity index (χ2n) is 3.04. The maximum Gasteiger partial charge on any atom is 0.118 e.